The molecule has 0 aromatic heterocycles. The summed E-state index contributed by atoms with van der Waals surface area (Å²) in [6.45, 7) is 17.4. The van der Waals surface area contributed by atoms with Gasteiger partial charge >= 0.3 is 0 Å². The summed E-state index contributed by atoms with van der Waals surface area (Å²) in [6, 6.07) is 2.15. The number of rotatable bonds is 6. The molecular weight excluding hydrogens is 314 g/mol. The first-order chi connectivity index (χ1) is 12.1. The van der Waals surface area contributed by atoms with Gasteiger partial charge in [-0.05, 0) is 33.6 Å². The Morgan fingerprint density at radius 2 is 1.56 bits per heavy atom. The molecule has 3 aliphatic rings. The molecule has 6 heteroatoms. The summed E-state index contributed by atoms with van der Waals surface area (Å²) in [6.07, 6.45) is 2.63. The lowest BCUT2D eigenvalue weighted by atomic mass is 9.98. The number of carbonyl (C=O) groups is 1. The maximum Gasteiger partial charge on any atom is 0.234 e. The van der Waals surface area contributed by atoms with E-state index in [1.54, 1.807) is 0 Å². The Hall–Kier alpha value is -0.690. The number of likely N-dealkylation sites (tertiary alicyclic amines) is 2. The summed E-state index contributed by atoms with van der Waals surface area (Å²) in [5.74, 6) is 0.167. The second-order valence-corrected chi connectivity index (χ2v) is 8.23. The molecule has 3 fully saturated rings. The third-order valence-electron chi connectivity index (χ3n) is 6.29. The van der Waals surface area contributed by atoms with Gasteiger partial charge in [-0.25, -0.2) is 0 Å². The molecule has 0 aromatic rings. The first-order valence-corrected chi connectivity index (χ1v) is 10.3. The van der Waals surface area contributed by atoms with Crippen LogP contribution >= 0.6 is 0 Å². The van der Waals surface area contributed by atoms with E-state index in [-0.39, 0.29) is 5.91 Å². The molecule has 0 atom stereocenters. The summed E-state index contributed by atoms with van der Waals surface area (Å²) in [7, 11) is 0. The van der Waals surface area contributed by atoms with Crippen molar-refractivity contribution in [1.82, 2.24) is 24.9 Å². The third-order valence-corrected chi connectivity index (χ3v) is 6.29. The van der Waals surface area contributed by atoms with E-state index in [2.05, 4.69) is 38.8 Å². The molecular formula is C19H37N5O. The van der Waals surface area contributed by atoms with Gasteiger partial charge in [0.05, 0.1) is 6.54 Å². The number of nitrogens with one attached hydrogen (secondary N) is 1. The molecule has 3 saturated heterocycles. The van der Waals surface area contributed by atoms with Gasteiger partial charge in [-0.15, -0.1) is 0 Å². The van der Waals surface area contributed by atoms with Gasteiger partial charge in [-0.3, -0.25) is 24.4 Å². The number of nitrogens with zero attached hydrogens (tertiary/aromatic N) is 4. The lowest BCUT2D eigenvalue weighted by Crippen LogP contribution is -2.63. The Balaban J connectivity index is 1.33. The van der Waals surface area contributed by atoms with Crippen LogP contribution in [-0.4, -0.2) is 109 Å². The molecule has 25 heavy (non-hydrogen) atoms. The molecule has 0 saturated carbocycles. The van der Waals surface area contributed by atoms with Crippen molar-refractivity contribution >= 4 is 5.91 Å². The molecule has 3 heterocycles. The average Bonchev–Trinajstić information content (AvgIpc) is 2.58. The fraction of sp³-hybridized carbons (Fsp3) is 0.947. The number of amides is 1. The Kier molecular flexibility index (Phi) is 6.72. The molecule has 0 aromatic carbocycles. The number of carbonyl (C=O) groups excluding carboxylic acids is 1. The summed E-state index contributed by atoms with van der Waals surface area (Å²) >= 11 is 0. The molecule has 3 rings (SSSR count). The number of likely N-dealkylation sites (N-methyl/N-ethyl adjacent to an activating group) is 1. The van der Waals surface area contributed by atoms with Crippen LogP contribution in [0.15, 0.2) is 0 Å². The maximum atomic E-state index is 11.6. The highest BCUT2D eigenvalue weighted by Crippen LogP contribution is 2.23. The van der Waals surface area contributed by atoms with E-state index in [0.717, 1.165) is 25.7 Å². The van der Waals surface area contributed by atoms with Gasteiger partial charge < -0.3 is 5.32 Å². The molecule has 1 N–H and O–H groups in total. The van der Waals surface area contributed by atoms with Crippen molar-refractivity contribution in [2.45, 2.75) is 51.7 Å². The van der Waals surface area contributed by atoms with Crippen LogP contribution in [0.5, 0.6) is 0 Å². The number of hydrogen-bond acceptors (Lipinski definition) is 5. The predicted octanol–water partition coefficient (Wildman–Crippen LogP) is 0.297. The van der Waals surface area contributed by atoms with Gasteiger partial charge in [0.25, 0.3) is 0 Å². The van der Waals surface area contributed by atoms with Gasteiger partial charge in [0, 0.05) is 77.0 Å². The van der Waals surface area contributed by atoms with E-state index in [1.165, 1.54) is 52.1 Å². The average molecular weight is 352 g/mol. The zero-order chi connectivity index (χ0) is 17.8. The smallest absolute Gasteiger partial charge is 0.234 e. The van der Waals surface area contributed by atoms with Gasteiger partial charge in [-0.1, -0.05) is 0 Å². The van der Waals surface area contributed by atoms with Crippen LogP contribution in [0.1, 0.15) is 33.6 Å². The molecule has 6 nitrogen and oxygen atoms in total. The van der Waals surface area contributed by atoms with Crippen molar-refractivity contribution in [3.05, 3.63) is 0 Å². The van der Waals surface area contributed by atoms with Crippen molar-refractivity contribution in [2.24, 2.45) is 0 Å². The molecule has 3 aliphatic heterocycles. The Labute approximate surface area is 153 Å². The van der Waals surface area contributed by atoms with Gasteiger partial charge in [0.15, 0.2) is 0 Å². The monoisotopic (exact) mass is 351 g/mol. The number of piperazine rings is 1. The summed E-state index contributed by atoms with van der Waals surface area (Å²) in [5.41, 5.74) is 0. The molecule has 1 amide bonds. The van der Waals surface area contributed by atoms with Crippen LogP contribution < -0.4 is 5.32 Å². The largest absolute Gasteiger partial charge is 0.355 e. The van der Waals surface area contributed by atoms with Gasteiger partial charge in [0.1, 0.15) is 0 Å². The molecule has 144 valence electrons. The summed E-state index contributed by atoms with van der Waals surface area (Å²) in [5, 5.41) is 2.89. The van der Waals surface area contributed by atoms with E-state index in [9.17, 15) is 4.79 Å². The molecule has 0 aliphatic carbocycles. The van der Waals surface area contributed by atoms with E-state index in [1.807, 2.05) is 6.92 Å². The van der Waals surface area contributed by atoms with Crippen molar-refractivity contribution in [3.8, 4) is 0 Å². The Morgan fingerprint density at radius 3 is 2.12 bits per heavy atom. The van der Waals surface area contributed by atoms with E-state index in [4.69, 9.17) is 0 Å². The predicted molar refractivity (Wildman–Crippen MR) is 102 cm³/mol. The highest BCUT2D eigenvalue weighted by Gasteiger charge is 2.36. The van der Waals surface area contributed by atoms with Crippen molar-refractivity contribution in [1.29, 1.82) is 0 Å². The second kappa shape index (κ2) is 8.80. The lowest BCUT2D eigenvalue weighted by Gasteiger charge is -2.49. The lowest BCUT2D eigenvalue weighted by molar-refractivity contribution is -0.124. The third kappa shape index (κ3) is 4.94. The van der Waals surface area contributed by atoms with Crippen LogP contribution in [0.4, 0.5) is 0 Å². The first kappa shape index (κ1) is 19.1. The number of hydrogen-bond donors (Lipinski definition) is 1. The van der Waals surface area contributed by atoms with Crippen molar-refractivity contribution in [3.63, 3.8) is 0 Å². The van der Waals surface area contributed by atoms with Crippen LogP contribution in [-0.2, 0) is 4.79 Å². The number of piperidine rings is 1. The molecule has 0 radical (unpaired) electrons. The van der Waals surface area contributed by atoms with Crippen LogP contribution in [0.2, 0.25) is 0 Å². The van der Waals surface area contributed by atoms with Crippen LogP contribution in [0.3, 0.4) is 0 Å². The standard InChI is InChI=1S/C19H37N5O/c1-4-20-19(25)15-21-13-18(14-21)23-7-5-17(6-8-23)24-11-9-22(10-12-24)16(2)3/h16-18H,4-15H2,1-3H3,(H,20,25). The minimum atomic E-state index is 0.167. The van der Waals surface area contributed by atoms with Gasteiger partial charge in [-0.2, -0.15) is 0 Å². The van der Waals surface area contributed by atoms with E-state index in [0.29, 0.717) is 18.6 Å². The first-order valence-electron chi connectivity index (χ1n) is 10.3. The minimum Gasteiger partial charge on any atom is -0.355 e. The minimum absolute atomic E-state index is 0.167. The zero-order valence-electron chi connectivity index (χ0n) is 16.4. The highest BCUT2D eigenvalue weighted by molar-refractivity contribution is 5.78. The van der Waals surface area contributed by atoms with Crippen molar-refractivity contribution < 1.29 is 4.79 Å². The fourth-order valence-corrected chi connectivity index (χ4v) is 4.59. The maximum absolute atomic E-state index is 11.6. The van der Waals surface area contributed by atoms with Crippen LogP contribution in [0.25, 0.3) is 0 Å². The topological polar surface area (TPSA) is 42.1 Å². The second-order valence-electron chi connectivity index (χ2n) is 8.23. The zero-order valence-corrected chi connectivity index (χ0v) is 16.4. The van der Waals surface area contributed by atoms with Crippen molar-refractivity contribution in [2.75, 3.05) is 65.4 Å². The quantitative estimate of drug-likeness (QED) is 0.745. The Bertz CT molecular complexity index is 422. The molecule has 0 bridgehead atoms. The summed E-state index contributed by atoms with van der Waals surface area (Å²) in [4.78, 5) is 21.9. The summed E-state index contributed by atoms with van der Waals surface area (Å²) < 4.78 is 0. The van der Waals surface area contributed by atoms with Crippen LogP contribution in [0, 0.1) is 0 Å². The van der Waals surface area contributed by atoms with Gasteiger partial charge in [0.2, 0.25) is 5.91 Å². The molecule has 0 spiro atoms. The Morgan fingerprint density at radius 1 is 0.960 bits per heavy atom. The fourth-order valence-electron chi connectivity index (χ4n) is 4.59. The normalized spacial score (nSPS) is 26.1. The SMILES string of the molecule is CCNC(=O)CN1CC(N2CCC(N3CCN(C(C)C)CC3)CC2)C1. The highest BCUT2D eigenvalue weighted by atomic mass is 16.2. The molecule has 0 unspecified atom stereocenters. The van der Waals surface area contributed by atoms with E-state index < -0.39 is 0 Å². The van der Waals surface area contributed by atoms with E-state index >= 15 is 0 Å².